The summed E-state index contributed by atoms with van der Waals surface area (Å²) in [6.07, 6.45) is 1.68. The largest absolute Gasteiger partial charge is 0.435 e. The number of amides is 1. The van der Waals surface area contributed by atoms with Crippen molar-refractivity contribution >= 4 is 11.6 Å². The number of halogens is 2. The number of nitrogens with zero attached hydrogens (tertiary/aromatic N) is 2. The van der Waals surface area contributed by atoms with E-state index in [2.05, 4.69) is 15.2 Å². The third-order valence-corrected chi connectivity index (χ3v) is 4.70. The molecule has 0 unspecified atom stereocenters. The number of hydrogen-bond acceptors (Lipinski definition) is 3. The average Bonchev–Trinajstić information content (AvgIpc) is 3.22. The molecule has 1 amide bonds. The van der Waals surface area contributed by atoms with Crippen molar-refractivity contribution in [3.8, 4) is 22.7 Å². The van der Waals surface area contributed by atoms with E-state index in [1.54, 1.807) is 17.8 Å². The molecule has 0 saturated carbocycles. The third kappa shape index (κ3) is 4.61. The fraction of sp³-hybridized carbons (Fsp3) is 0.0833. The summed E-state index contributed by atoms with van der Waals surface area (Å²) in [6.45, 7) is -1.20. The van der Waals surface area contributed by atoms with E-state index in [9.17, 15) is 13.6 Å². The van der Waals surface area contributed by atoms with Crippen molar-refractivity contribution in [2.75, 3.05) is 5.32 Å². The average molecular weight is 419 g/mol. The van der Waals surface area contributed by atoms with Gasteiger partial charge in [-0.25, -0.2) is 4.68 Å². The molecule has 3 aromatic carbocycles. The Bertz CT molecular complexity index is 1190. The lowest BCUT2D eigenvalue weighted by atomic mass is 10.1. The van der Waals surface area contributed by atoms with Crippen LogP contribution in [0.3, 0.4) is 0 Å². The topological polar surface area (TPSA) is 56.1 Å². The van der Waals surface area contributed by atoms with Crippen molar-refractivity contribution in [2.24, 2.45) is 0 Å². The Morgan fingerprint density at radius 1 is 1.00 bits per heavy atom. The van der Waals surface area contributed by atoms with E-state index in [0.717, 1.165) is 11.3 Å². The highest BCUT2D eigenvalue weighted by molar-refractivity contribution is 6.08. The second-order valence-corrected chi connectivity index (χ2v) is 6.85. The van der Waals surface area contributed by atoms with E-state index in [-0.39, 0.29) is 11.7 Å². The molecule has 0 aliphatic heterocycles. The molecule has 0 bridgehead atoms. The molecular formula is C24H19F2N3O2. The lowest BCUT2D eigenvalue weighted by Gasteiger charge is -2.11. The van der Waals surface area contributed by atoms with Gasteiger partial charge in [-0.15, -0.1) is 0 Å². The van der Waals surface area contributed by atoms with E-state index < -0.39 is 6.61 Å². The Kier molecular flexibility index (Phi) is 5.75. The number of para-hydroxylation sites is 1. The van der Waals surface area contributed by atoms with Gasteiger partial charge in [0.15, 0.2) is 0 Å². The zero-order valence-corrected chi connectivity index (χ0v) is 16.6. The number of alkyl halides is 2. The van der Waals surface area contributed by atoms with Crippen molar-refractivity contribution in [2.45, 2.75) is 13.5 Å². The van der Waals surface area contributed by atoms with Crippen LogP contribution in [0, 0.1) is 6.92 Å². The fourth-order valence-electron chi connectivity index (χ4n) is 3.20. The number of aromatic nitrogens is 2. The molecule has 7 heteroatoms. The number of anilines is 1. The Balaban J connectivity index is 1.68. The van der Waals surface area contributed by atoms with Crippen molar-refractivity contribution in [1.82, 2.24) is 9.78 Å². The Labute approximate surface area is 177 Å². The first-order valence-electron chi connectivity index (χ1n) is 9.58. The number of hydrogen-bond donors (Lipinski definition) is 1. The molecule has 31 heavy (non-hydrogen) atoms. The van der Waals surface area contributed by atoms with Gasteiger partial charge < -0.3 is 10.1 Å². The molecular weight excluding hydrogens is 400 g/mol. The van der Waals surface area contributed by atoms with Crippen LogP contribution in [0.5, 0.6) is 5.75 Å². The van der Waals surface area contributed by atoms with Crippen molar-refractivity contribution in [3.05, 3.63) is 96.2 Å². The van der Waals surface area contributed by atoms with Gasteiger partial charge in [0.1, 0.15) is 11.4 Å². The minimum absolute atomic E-state index is 0.0346. The minimum Gasteiger partial charge on any atom is -0.435 e. The van der Waals surface area contributed by atoms with Crippen LogP contribution in [-0.4, -0.2) is 22.3 Å². The van der Waals surface area contributed by atoms with Gasteiger partial charge in [-0.1, -0.05) is 48.5 Å². The highest BCUT2D eigenvalue weighted by Crippen LogP contribution is 2.27. The monoisotopic (exact) mass is 419 g/mol. The van der Waals surface area contributed by atoms with Crippen LogP contribution in [0.25, 0.3) is 16.9 Å². The van der Waals surface area contributed by atoms with Crippen LogP contribution in [0.4, 0.5) is 14.5 Å². The normalized spacial score (nSPS) is 10.8. The second-order valence-electron chi connectivity index (χ2n) is 6.85. The van der Waals surface area contributed by atoms with Crippen LogP contribution >= 0.6 is 0 Å². The minimum atomic E-state index is -2.91. The molecule has 4 aromatic rings. The van der Waals surface area contributed by atoms with E-state index in [1.165, 1.54) is 18.2 Å². The Hall–Kier alpha value is -4.00. The molecule has 0 aliphatic rings. The van der Waals surface area contributed by atoms with E-state index >= 15 is 0 Å². The van der Waals surface area contributed by atoms with Gasteiger partial charge in [-0.3, -0.25) is 4.79 Å². The summed E-state index contributed by atoms with van der Waals surface area (Å²) in [7, 11) is 0. The SMILES string of the molecule is Cc1cc(OC(F)F)ccc1NC(=O)c1cn(-c2ccccc2)nc1-c1ccccc1. The van der Waals surface area contributed by atoms with Gasteiger partial charge in [-0.2, -0.15) is 13.9 Å². The number of rotatable bonds is 6. The Morgan fingerprint density at radius 3 is 2.32 bits per heavy atom. The number of carbonyl (C=O) groups is 1. The number of ether oxygens (including phenoxy) is 1. The molecule has 0 aliphatic carbocycles. The number of benzene rings is 3. The molecule has 156 valence electrons. The fourth-order valence-corrected chi connectivity index (χ4v) is 3.20. The predicted molar refractivity (Wildman–Crippen MR) is 115 cm³/mol. The smallest absolute Gasteiger partial charge is 0.387 e. The van der Waals surface area contributed by atoms with Gasteiger partial charge in [0.2, 0.25) is 0 Å². The maximum absolute atomic E-state index is 13.2. The highest BCUT2D eigenvalue weighted by Gasteiger charge is 2.19. The predicted octanol–water partition coefficient (Wildman–Crippen LogP) is 5.70. The third-order valence-electron chi connectivity index (χ3n) is 4.70. The molecule has 0 saturated heterocycles. The summed E-state index contributed by atoms with van der Waals surface area (Å²) in [5.41, 5.74) is 3.66. The maximum atomic E-state index is 13.2. The molecule has 0 atom stereocenters. The van der Waals surface area contributed by atoms with Crippen molar-refractivity contribution in [1.29, 1.82) is 0 Å². The van der Waals surface area contributed by atoms with Gasteiger partial charge >= 0.3 is 6.61 Å². The van der Waals surface area contributed by atoms with E-state index in [4.69, 9.17) is 0 Å². The number of carbonyl (C=O) groups excluding carboxylic acids is 1. The summed E-state index contributed by atoms with van der Waals surface area (Å²) in [5, 5.41) is 7.48. The van der Waals surface area contributed by atoms with E-state index in [0.29, 0.717) is 22.5 Å². The molecule has 0 spiro atoms. The zero-order chi connectivity index (χ0) is 21.8. The van der Waals surface area contributed by atoms with E-state index in [1.807, 2.05) is 60.7 Å². The lowest BCUT2D eigenvalue weighted by molar-refractivity contribution is -0.0498. The lowest BCUT2D eigenvalue weighted by Crippen LogP contribution is -2.13. The summed E-state index contributed by atoms with van der Waals surface area (Å²) in [5.74, 6) is -0.320. The molecule has 0 radical (unpaired) electrons. The zero-order valence-electron chi connectivity index (χ0n) is 16.6. The molecule has 4 rings (SSSR count). The summed E-state index contributed by atoms with van der Waals surface area (Å²) < 4.78 is 30.9. The molecule has 5 nitrogen and oxygen atoms in total. The van der Waals surface area contributed by atoms with Crippen LogP contribution in [0.1, 0.15) is 15.9 Å². The molecule has 0 fully saturated rings. The summed E-state index contributed by atoms with van der Waals surface area (Å²) in [4.78, 5) is 13.2. The summed E-state index contributed by atoms with van der Waals surface area (Å²) in [6, 6.07) is 23.3. The molecule has 1 heterocycles. The van der Waals surface area contributed by atoms with Crippen molar-refractivity contribution < 1.29 is 18.3 Å². The van der Waals surface area contributed by atoms with Gasteiger partial charge in [0, 0.05) is 17.4 Å². The standard InChI is InChI=1S/C24H19F2N3O2/c1-16-14-19(31-24(25)26)12-13-21(16)27-23(30)20-15-29(18-10-6-3-7-11-18)28-22(20)17-8-4-2-5-9-17/h2-15,24H,1H3,(H,27,30). The van der Waals surface area contributed by atoms with Crippen LogP contribution in [-0.2, 0) is 0 Å². The maximum Gasteiger partial charge on any atom is 0.387 e. The first-order chi connectivity index (χ1) is 15.0. The summed E-state index contributed by atoms with van der Waals surface area (Å²) >= 11 is 0. The molecule has 1 aromatic heterocycles. The first-order valence-corrected chi connectivity index (χ1v) is 9.58. The highest BCUT2D eigenvalue weighted by atomic mass is 19.3. The number of aryl methyl sites for hydroxylation is 1. The van der Waals surface area contributed by atoms with Crippen LogP contribution < -0.4 is 10.1 Å². The second kappa shape index (κ2) is 8.79. The van der Waals surface area contributed by atoms with Crippen LogP contribution in [0.15, 0.2) is 85.1 Å². The van der Waals surface area contributed by atoms with Crippen molar-refractivity contribution in [3.63, 3.8) is 0 Å². The molecule has 1 N–H and O–H groups in total. The quantitative estimate of drug-likeness (QED) is 0.436. The van der Waals surface area contributed by atoms with Gasteiger partial charge in [-0.05, 0) is 42.8 Å². The Morgan fingerprint density at radius 2 is 1.68 bits per heavy atom. The van der Waals surface area contributed by atoms with Gasteiger partial charge in [0.25, 0.3) is 5.91 Å². The van der Waals surface area contributed by atoms with Crippen LogP contribution in [0.2, 0.25) is 0 Å². The number of nitrogens with one attached hydrogen (secondary N) is 1. The van der Waals surface area contributed by atoms with Gasteiger partial charge in [0.05, 0.1) is 11.3 Å². The first kappa shape index (κ1) is 20.3.